The normalized spacial score (nSPS) is 11.0. The summed E-state index contributed by atoms with van der Waals surface area (Å²) in [6, 6.07) is 7.51. The van der Waals surface area contributed by atoms with Crippen LogP contribution < -0.4 is 5.32 Å². The Bertz CT molecular complexity index is 856. The third-order valence-electron chi connectivity index (χ3n) is 2.98. The summed E-state index contributed by atoms with van der Waals surface area (Å²) in [5.74, 6) is -0.218. The van der Waals surface area contributed by atoms with Crippen LogP contribution in [-0.4, -0.2) is 15.9 Å². The van der Waals surface area contributed by atoms with Crippen LogP contribution in [0.1, 0.15) is 9.75 Å². The molecule has 0 saturated carbocycles. The first-order chi connectivity index (χ1) is 11.1. The first-order valence-corrected chi connectivity index (χ1v) is 8.80. The van der Waals surface area contributed by atoms with Crippen molar-refractivity contribution in [3.63, 3.8) is 0 Å². The number of benzene rings is 1. The molecular weight excluding hydrogens is 350 g/mol. The van der Waals surface area contributed by atoms with E-state index in [-0.39, 0.29) is 5.91 Å². The molecule has 3 rings (SSSR count). The van der Waals surface area contributed by atoms with Crippen molar-refractivity contribution < 1.29 is 4.79 Å². The Morgan fingerprint density at radius 1 is 1.39 bits per heavy atom. The minimum absolute atomic E-state index is 0.218. The molecule has 0 bridgehead atoms. The topological polar surface area (TPSA) is 54.9 Å². The van der Waals surface area contributed by atoms with E-state index in [1.807, 2.05) is 31.2 Å². The number of nitrogens with one attached hydrogen (secondary N) is 1. The molecule has 0 saturated heterocycles. The number of nitrogens with zero attached hydrogens (tertiary/aromatic N) is 2. The highest BCUT2D eigenvalue weighted by molar-refractivity contribution is 7.16. The Kier molecular flexibility index (Phi) is 4.85. The van der Waals surface area contributed by atoms with Crippen LogP contribution in [0.4, 0.5) is 5.13 Å². The molecule has 0 aliphatic heterocycles. The number of aryl methyl sites for hydroxylation is 1. The summed E-state index contributed by atoms with van der Waals surface area (Å²) in [5, 5.41) is 4.01. The van der Waals surface area contributed by atoms with Gasteiger partial charge in [0.1, 0.15) is 0 Å². The van der Waals surface area contributed by atoms with Gasteiger partial charge in [-0.2, -0.15) is 0 Å². The van der Waals surface area contributed by atoms with E-state index in [1.54, 1.807) is 17.8 Å². The monoisotopic (exact) mass is 361 g/mol. The zero-order chi connectivity index (χ0) is 16.2. The van der Waals surface area contributed by atoms with Gasteiger partial charge >= 0.3 is 0 Å². The van der Waals surface area contributed by atoms with Crippen LogP contribution in [0.25, 0.3) is 17.3 Å². The molecule has 0 unspecified atom stereocenters. The maximum absolute atomic E-state index is 12.0. The van der Waals surface area contributed by atoms with E-state index in [9.17, 15) is 4.79 Å². The molecule has 116 valence electrons. The molecule has 23 heavy (non-hydrogen) atoms. The summed E-state index contributed by atoms with van der Waals surface area (Å²) >= 11 is 8.93. The average molecular weight is 362 g/mol. The highest BCUT2D eigenvalue weighted by Crippen LogP contribution is 2.31. The number of aromatic nitrogens is 2. The first kappa shape index (κ1) is 15.9. The minimum atomic E-state index is -0.218. The van der Waals surface area contributed by atoms with E-state index in [2.05, 4.69) is 15.3 Å². The van der Waals surface area contributed by atoms with Crippen molar-refractivity contribution in [1.29, 1.82) is 0 Å². The highest BCUT2D eigenvalue weighted by atomic mass is 35.5. The molecule has 0 radical (unpaired) electrons. The van der Waals surface area contributed by atoms with Gasteiger partial charge in [-0.05, 0) is 25.1 Å². The van der Waals surface area contributed by atoms with E-state index in [0.717, 1.165) is 21.0 Å². The molecule has 2 heterocycles. The van der Waals surface area contributed by atoms with Gasteiger partial charge in [-0.15, -0.1) is 22.7 Å². The molecule has 0 aliphatic rings. The fraction of sp³-hybridized carbons (Fsp3) is 0.0625. The summed E-state index contributed by atoms with van der Waals surface area (Å²) in [4.78, 5) is 22.3. The Balaban J connectivity index is 1.74. The lowest BCUT2D eigenvalue weighted by atomic mass is 10.1. The summed E-state index contributed by atoms with van der Waals surface area (Å²) in [6.07, 6.45) is 4.91. The van der Waals surface area contributed by atoms with Crippen LogP contribution in [-0.2, 0) is 4.79 Å². The Morgan fingerprint density at radius 2 is 2.26 bits per heavy atom. The third kappa shape index (κ3) is 4.04. The summed E-state index contributed by atoms with van der Waals surface area (Å²) < 4.78 is 0. The number of amides is 1. The zero-order valence-electron chi connectivity index (χ0n) is 12.1. The maximum atomic E-state index is 12.0. The number of carbonyl (C=O) groups is 1. The number of thiazole rings is 2. The van der Waals surface area contributed by atoms with E-state index in [4.69, 9.17) is 11.6 Å². The van der Waals surface area contributed by atoms with Gasteiger partial charge < -0.3 is 0 Å². The number of hydrogen-bond donors (Lipinski definition) is 1. The van der Waals surface area contributed by atoms with E-state index in [0.29, 0.717) is 10.2 Å². The molecule has 0 spiro atoms. The van der Waals surface area contributed by atoms with Crippen LogP contribution >= 0.6 is 34.3 Å². The molecule has 4 nitrogen and oxygen atoms in total. The van der Waals surface area contributed by atoms with Crippen molar-refractivity contribution >= 4 is 51.4 Å². The van der Waals surface area contributed by atoms with Crippen LogP contribution in [0, 0.1) is 6.92 Å². The third-order valence-corrected chi connectivity index (χ3v) is 4.84. The zero-order valence-corrected chi connectivity index (χ0v) is 14.5. The molecule has 0 atom stereocenters. The second-order valence-corrected chi connectivity index (χ2v) is 7.22. The fourth-order valence-corrected chi connectivity index (χ4v) is 3.51. The second kappa shape index (κ2) is 7.04. The molecule has 7 heteroatoms. The van der Waals surface area contributed by atoms with Crippen LogP contribution in [0.3, 0.4) is 0 Å². The molecule has 0 aliphatic carbocycles. The molecular formula is C16H12ClN3OS2. The van der Waals surface area contributed by atoms with Gasteiger partial charge in [-0.25, -0.2) is 4.98 Å². The number of anilines is 1. The van der Waals surface area contributed by atoms with Crippen molar-refractivity contribution in [3.8, 4) is 11.3 Å². The summed E-state index contributed by atoms with van der Waals surface area (Å²) in [6.45, 7) is 1.97. The van der Waals surface area contributed by atoms with Crippen molar-refractivity contribution in [2.45, 2.75) is 6.92 Å². The van der Waals surface area contributed by atoms with Gasteiger partial charge in [0.25, 0.3) is 0 Å². The number of halogens is 1. The van der Waals surface area contributed by atoms with Crippen LogP contribution in [0.5, 0.6) is 0 Å². The van der Waals surface area contributed by atoms with E-state index in [1.165, 1.54) is 28.7 Å². The molecule has 3 aromatic rings. The molecule has 0 fully saturated rings. The van der Waals surface area contributed by atoms with Gasteiger partial charge in [-0.3, -0.25) is 15.1 Å². The van der Waals surface area contributed by atoms with Gasteiger partial charge in [0.2, 0.25) is 5.91 Å². The Hall–Kier alpha value is -2.02. The predicted octanol–water partition coefficient (Wildman–Crippen LogP) is 4.88. The molecule has 2 aromatic heterocycles. The minimum Gasteiger partial charge on any atom is -0.298 e. The van der Waals surface area contributed by atoms with Crippen LogP contribution in [0.2, 0.25) is 5.02 Å². The van der Waals surface area contributed by atoms with Crippen molar-refractivity contribution in [1.82, 2.24) is 9.97 Å². The molecule has 1 aromatic carbocycles. The van der Waals surface area contributed by atoms with Gasteiger partial charge in [0.15, 0.2) is 5.13 Å². The Labute approximate surface area is 146 Å². The summed E-state index contributed by atoms with van der Waals surface area (Å²) in [7, 11) is 0. The number of hydrogen-bond acceptors (Lipinski definition) is 5. The smallest absolute Gasteiger partial charge is 0.250 e. The molecule has 1 N–H and O–H groups in total. The quantitative estimate of drug-likeness (QED) is 0.674. The van der Waals surface area contributed by atoms with Crippen molar-refractivity contribution in [2.75, 3.05) is 5.32 Å². The van der Waals surface area contributed by atoms with Gasteiger partial charge in [0.05, 0.1) is 11.2 Å². The van der Waals surface area contributed by atoms with Gasteiger partial charge in [0, 0.05) is 32.6 Å². The average Bonchev–Trinajstić information content (AvgIpc) is 3.15. The first-order valence-electron chi connectivity index (χ1n) is 6.73. The lowest BCUT2D eigenvalue weighted by Crippen LogP contribution is -2.07. The fourth-order valence-electron chi connectivity index (χ4n) is 1.97. The summed E-state index contributed by atoms with van der Waals surface area (Å²) in [5.41, 5.74) is 3.49. The number of carbonyl (C=O) groups excluding carboxylic acids is 1. The maximum Gasteiger partial charge on any atom is 0.250 e. The van der Waals surface area contributed by atoms with Gasteiger partial charge in [-0.1, -0.05) is 23.7 Å². The van der Waals surface area contributed by atoms with E-state index < -0.39 is 0 Å². The van der Waals surface area contributed by atoms with Crippen molar-refractivity contribution in [2.24, 2.45) is 0 Å². The molecule has 1 amide bonds. The number of rotatable bonds is 4. The standard InChI is InChI=1S/C16H12ClN3OS2/c1-10-15(11-3-2-4-12(17)7-11)20-16(23-10)19-14(21)6-5-13-8-18-9-22-13/h2-9H,1H3,(H,19,20,21)/b6-5+. The second-order valence-electron chi connectivity index (χ2n) is 4.66. The van der Waals surface area contributed by atoms with Crippen LogP contribution in [0.15, 0.2) is 42.0 Å². The largest absolute Gasteiger partial charge is 0.298 e. The highest BCUT2D eigenvalue weighted by Gasteiger charge is 2.11. The SMILES string of the molecule is Cc1sc(NC(=O)/C=C/c2cncs2)nc1-c1cccc(Cl)c1. The lowest BCUT2D eigenvalue weighted by molar-refractivity contribution is -0.111. The lowest BCUT2D eigenvalue weighted by Gasteiger charge is -1.99. The Morgan fingerprint density at radius 3 is 3.00 bits per heavy atom. The van der Waals surface area contributed by atoms with Crippen molar-refractivity contribution in [3.05, 3.63) is 56.8 Å². The predicted molar refractivity (Wildman–Crippen MR) is 97.1 cm³/mol. The van der Waals surface area contributed by atoms with E-state index >= 15 is 0 Å².